The third kappa shape index (κ3) is 2.32. The average molecular weight is 198 g/mol. The molecule has 5 heteroatoms. The molecule has 1 aromatic rings. The van der Waals surface area contributed by atoms with Gasteiger partial charge in [0.25, 0.3) is 5.56 Å². The number of aromatic amines is 1. The highest BCUT2D eigenvalue weighted by atomic mass is 32.2. The van der Waals surface area contributed by atoms with Crippen LogP contribution in [-0.2, 0) is 4.74 Å². The Morgan fingerprint density at radius 2 is 2.62 bits per heavy atom. The molecule has 0 aliphatic carbocycles. The minimum absolute atomic E-state index is 0.000917. The molecule has 1 unspecified atom stereocenters. The molecule has 0 spiro atoms. The lowest BCUT2D eigenvalue weighted by molar-refractivity contribution is 0.348. The Morgan fingerprint density at radius 3 is 3.23 bits per heavy atom. The third-order valence-corrected chi connectivity index (χ3v) is 3.04. The van der Waals surface area contributed by atoms with Crippen LogP contribution in [0.5, 0.6) is 0 Å². The van der Waals surface area contributed by atoms with Crippen molar-refractivity contribution in [1.29, 1.82) is 0 Å². The van der Waals surface area contributed by atoms with Crippen molar-refractivity contribution >= 4 is 11.8 Å². The summed E-state index contributed by atoms with van der Waals surface area (Å²) in [7, 11) is 0. The van der Waals surface area contributed by atoms with Crippen LogP contribution in [0.4, 0.5) is 0 Å². The van der Waals surface area contributed by atoms with Crippen molar-refractivity contribution in [1.82, 2.24) is 9.97 Å². The van der Waals surface area contributed by atoms with Gasteiger partial charge in [-0.05, 0) is 6.92 Å². The van der Waals surface area contributed by atoms with Gasteiger partial charge in [0, 0.05) is 18.0 Å². The Balaban J connectivity index is 1.98. The van der Waals surface area contributed by atoms with E-state index in [1.807, 2.05) is 6.92 Å². The summed E-state index contributed by atoms with van der Waals surface area (Å²) in [5.74, 6) is 0.833. The van der Waals surface area contributed by atoms with Crippen LogP contribution in [-0.4, -0.2) is 27.9 Å². The molecule has 0 amide bonds. The predicted octanol–water partition coefficient (Wildman–Crippen LogP) is 0.651. The van der Waals surface area contributed by atoms with Gasteiger partial charge in [-0.3, -0.25) is 4.79 Å². The first-order valence-corrected chi connectivity index (χ1v) is 4.99. The molecule has 1 fully saturated rings. The van der Waals surface area contributed by atoms with Crippen LogP contribution < -0.4 is 5.56 Å². The maximum atomic E-state index is 10.9. The average Bonchev–Trinajstić information content (AvgIpc) is 2.82. The Morgan fingerprint density at radius 1 is 1.85 bits per heavy atom. The van der Waals surface area contributed by atoms with Gasteiger partial charge in [0.05, 0.1) is 12.2 Å². The van der Waals surface area contributed by atoms with E-state index in [2.05, 4.69) is 9.97 Å². The normalized spacial score (nSPS) is 25.9. The van der Waals surface area contributed by atoms with Gasteiger partial charge in [0.15, 0.2) is 5.16 Å². The molecular weight excluding hydrogens is 188 g/mol. The van der Waals surface area contributed by atoms with Gasteiger partial charge in [-0.25, -0.2) is 4.98 Å². The highest BCUT2D eigenvalue weighted by molar-refractivity contribution is 7.99. The van der Waals surface area contributed by atoms with Crippen molar-refractivity contribution in [2.75, 3.05) is 12.4 Å². The summed E-state index contributed by atoms with van der Waals surface area (Å²) in [6.07, 6.45) is 1.51. The van der Waals surface area contributed by atoms with Crippen molar-refractivity contribution in [3.63, 3.8) is 0 Å². The first-order chi connectivity index (χ1) is 6.18. The Labute approximate surface area is 79.7 Å². The molecule has 1 saturated heterocycles. The molecule has 2 heterocycles. The number of aromatic nitrogens is 2. The number of nitrogens with zero attached hydrogens (tertiary/aromatic N) is 1. The fourth-order valence-corrected chi connectivity index (χ4v) is 1.77. The lowest BCUT2D eigenvalue weighted by Crippen LogP contribution is -2.10. The second-order valence-corrected chi connectivity index (χ2v) is 4.23. The monoisotopic (exact) mass is 198 g/mol. The van der Waals surface area contributed by atoms with Crippen molar-refractivity contribution < 1.29 is 4.74 Å². The smallest absolute Gasteiger partial charge is 0.251 e. The summed E-state index contributed by atoms with van der Waals surface area (Å²) in [5.41, 5.74) is -0.113. The zero-order valence-electron chi connectivity index (χ0n) is 7.24. The highest BCUT2D eigenvalue weighted by Crippen LogP contribution is 2.31. The molecule has 0 bridgehead atoms. The van der Waals surface area contributed by atoms with Gasteiger partial charge in [0.2, 0.25) is 0 Å². The fourth-order valence-electron chi connectivity index (χ4n) is 0.853. The standard InChI is InChI=1S/C8H10N2O2S/c1-8(4-12-8)5-13-7-9-3-2-6(11)10-7/h2-3H,4-5H2,1H3,(H,9,10,11). The van der Waals surface area contributed by atoms with E-state index in [-0.39, 0.29) is 11.2 Å². The van der Waals surface area contributed by atoms with Crippen LogP contribution in [0.1, 0.15) is 6.92 Å². The maximum Gasteiger partial charge on any atom is 0.251 e. The van der Waals surface area contributed by atoms with Crippen LogP contribution in [0.15, 0.2) is 22.2 Å². The number of H-pyrrole nitrogens is 1. The number of ether oxygens (including phenoxy) is 1. The van der Waals surface area contributed by atoms with Crippen molar-refractivity contribution in [3.8, 4) is 0 Å². The number of hydrogen-bond acceptors (Lipinski definition) is 4. The van der Waals surface area contributed by atoms with Gasteiger partial charge in [-0.1, -0.05) is 11.8 Å². The third-order valence-electron chi connectivity index (χ3n) is 1.80. The summed E-state index contributed by atoms with van der Waals surface area (Å²) in [5, 5.41) is 0.657. The zero-order valence-corrected chi connectivity index (χ0v) is 8.06. The van der Waals surface area contributed by atoms with E-state index in [1.165, 1.54) is 24.0 Å². The van der Waals surface area contributed by atoms with E-state index < -0.39 is 0 Å². The summed E-state index contributed by atoms with van der Waals surface area (Å²) >= 11 is 1.51. The minimum atomic E-state index is -0.112. The molecule has 0 aromatic carbocycles. The Hall–Kier alpha value is -0.810. The van der Waals surface area contributed by atoms with Gasteiger partial charge in [0.1, 0.15) is 0 Å². The van der Waals surface area contributed by atoms with E-state index in [4.69, 9.17) is 4.74 Å². The van der Waals surface area contributed by atoms with E-state index in [9.17, 15) is 4.79 Å². The summed E-state index contributed by atoms with van der Waals surface area (Å²) in [4.78, 5) is 17.6. The van der Waals surface area contributed by atoms with E-state index in [0.717, 1.165) is 12.4 Å². The lowest BCUT2D eigenvalue weighted by atomic mass is 10.3. The Bertz CT molecular complexity index is 359. The van der Waals surface area contributed by atoms with Gasteiger partial charge in [-0.15, -0.1) is 0 Å². The summed E-state index contributed by atoms with van der Waals surface area (Å²) in [6.45, 7) is 2.85. The maximum absolute atomic E-state index is 10.9. The summed E-state index contributed by atoms with van der Waals surface area (Å²) < 4.78 is 5.21. The molecule has 1 atom stereocenters. The number of thioether (sulfide) groups is 1. The van der Waals surface area contributed by atoms with Crippen molar-refractivity contribution in [3.05, 3.63) is 22.6 Å². The zero-order chi connectivity index (χ0) is 9.31. The summed E-state index contributed by atoms with van der Waals surface area (Å²) in [6, 6.07) is 1.40. The Kier molecular flexibility index (Phi) is 2.13. The van der Waals surface area contributed by atoms with Crippen molar-refractivity contribution in [2.45, 2.75) is 17.7 Å². The first-order valence-electron chi connectivity index (χ1n) is 4.00. The quantitative estimate of drug-likeness (QED) is 0.440. The molecule has 1 aliphatic rings. The molecule has 70 valence electrons. The molecule has 4 nitrogen and oxygen atoms in total. The highest BCUT2D eigenvalue weighted by Gasteiger charge is 2.39. The SMILES string of the molecule is CC1(CSc2nccc(=O)[nH]2)CO1. The van der Waals surface area contributed by atoms with Gasteiger partial charge >= 0.3 is 0 Å². The van der Waals surface area contributed by atoms with E-state index in [1.54, 1.807) is 0 Å². The number of rotatable bonds is 3. The topological polar surface area (TPSA) is 58.3 Å². The molecule has 2 rings (SSSR count). The largest absolute Gasteiger partial charge is 0.369 e. The molecule has 13 heavy (non-hydrogen) atoms. The molecule has 0 radical (unpaired) electrons. The molecule has 0 saturated carbocycles. The van der Waals surface area contributed by atoms with Crippen LogP contribution in [0.2, 0.25) is 0 Å². The molecular formula is C8H10N2O2S. The first kappa shape index (κ1) is 8.77. The van der Waals surface area contributed by atoms with Crippen molar-refractivity contribution in [2.24, 2.45) is 0 Å². The molecule has 1 aliphatic heterocycles. The van der Waals surface area contributed by atoms with Crippen LogP contribution >= 0.6 is 11.8 Å². The van der Waals surface area contributed by atoms with E-state index >= 15 is 0 Å². The number of nitrogens with one attached hydrogen (secondary N) is 1. The number of epoxide rings is 1. The second-order valence-electron chi connectivity index (χ2n) is 3.27. The van der Waals surface area contributed by atoms with E-state index in [0.29, 0.717) is 5.16 Å². The minimum Gasteiger partial charge on any atom is -0.369 e. The second kappa shape index (κ2) is 3.16. The van der Waals surface area contributed by atoms with Crippen LogP contribution in [0.25, 0.3) is 0 Å². The fraction of sp³-hybridized carbons (Fsp3) is 0.500. The van der Waals surface area contributed by atoms with Crippen LogP contribution in [0.3, 0.4) is 0 Å². The molecule has 1 aromatic heterocycles. The molecule has 1 N–H and O–H groups in total. The lowest BCUT2D eigenvalue weighted by Gasteiger charge is -2.02. The van der Waals surface area contributed by atoms with Gasteiger partial charge in [-0.2, -0.15) is 0 Å². The van der Waals surface area contributed by atoms with Crippen LogP contribution in [0, 0.1) is 0 Å². The predicted molar refractivity (Wildman–Crippen MR) is 49.9 cm³/mol. The van der Waals surface area contributed by atoms with Gasteiger partial charge < -0.3 is 9.72 Å². The number of hydrogen-bond donors (Lipinski definition) is 1.